The van der Waals surface area contributed by atoms with Gasteiger partial charge in [-0.25, -0.2) is 4.98 Å². The number of nitrogens with zero attached hydrogens (tertiary/aromatic N) is 4. The van der Waals surface area contributed by atoms with Crippen LogP contribution in [-0.4, -0.2) is 32.7 Å². The smallest absolute Gasteiger partial charge is 0.231 e. The van der Waals surface area contributed by atoms with E-state index in [2.05, 4.69) is 32.5 Å². The molecular formula is C17H17N5O2. The molecule has 7 nitrogen and oxygen atoms in total. The Labute approximate surface area is 138 Å². The quantitative estimate of drug-likeness (QED) is 0.780. The van der Waals surface area contributed by atoms with Crippen LogP contribution in [-0.2, 0) is 13.1 Å². The summed E-state index contributed by atoms with van der Waals surface area (Å²) in [6, 6.07) is 6.11. The second-order valence-corrected chi connectivity index (χ2v) is 6.03. The summed E-state index contributed by atoms with van der Waals surface area (Å²) in [4.78, 5) is 4.54. The molecule has 0 amide bonds. The molecule has 0 saturated heterocycles. The van der Waals surface area contributed by atoms with Crippen molar-refractivity contribution in [3.63, 3.8) is 0 Å². The average molecular weight is 323 g/mol. The van der Waals surface area contributed by atoms with Gasteiger partial charge >= 0.3 is 0 Å². The van der Waals surface area contributed by atoms with E-state index in [1.54, 1.807) is 6.20 Å². The monoisotopic (exact) mass is 323 g/mol. The summed E-state index contributed by atoms with van der Waals surface area (Å²) in [6.45, 7) is 5.01. The average Bonchev–Trinajstić information content (AvgIpc) is 3.31. The number of aryl methyl sites for hydroxylation is 1. The molecule has 0 saturated carbocycles. The van der Waals surface area contributed by atoms with Crippen molar-refractivity contribution in [1.29, 1.82) is 0 Å². The molecule has 0 radical (unpaired) electrons. The first-order valence-electron chi connectivity index (χ1n) is 8.01. The predicted molar refractivity (Wildman–Crippen MR) is 87.4 cm³/mol. The van der Waals surface area contributed by atoms with Crippen molar-refractivity contribution in [2.45, 2.75) is 20.0 Å². The van der Waals surface area contributed by atoms with E-state index >= 15 is 0 Å². The maximum absolute atomic E-state index is 5.52. The highest BCUT2D eigenvalue weighted by Gasteiger charge is 2.20. The van der Waals surface area contributed by atoms with Crippen LogP contribution < -0.4 is 14.8 Å². The third-order valence-corrected chi connectivity index (χ3v) is 4.49. The van der Waals surface area contributed by atoms with E-state index in [9.17, 15) is 0 Å². The van der Waals surface area contributed by atoms with Gasteiger partial charge in [-0.05, 0) is 24.6 Å². The summed E-state index contributed by atoms with van der Waals surface area (Å²) >= 11 is 0. The van der Waals surface area contributed by atoms with Crippen molar-refractivity contribution in [1.82, 2.24) is 24.6 Å². The zero-order chi connectivity index (χ0) is 16.1. The Bertz CT molecular complexity index is 904. The van der Waals surface area contributed by atoms with Crippen molar-refractivity contribution >= 4 is 0 Å². The summed E-state index contributed by atoms with van der Waals surface area (Å²) in [7, 11) is 0. The van der Waals surface area contributed by atoms with E-state index in [1.807, 2.05) is 18.3 Å². The Morgan fingerprint density at radius 1 is 1.17 bits per heavy atom. The normalized spacial score (nSPS) is 15.5. The maximum atomic E-state index is 5.52. The van der Waals surface area contributed by atoms with E-state index in [-0.39, 0.29) is 6.79 Å². The number of imidazole rings is 1. The van der Waals surface area contributed by atoms with Gasteiger partial charge in [0.05, 0.1) is 17.9 Å². The maximum Gasteiger partial charge on any atom is 0.231 e. The zero-order valence-electron chi connectivity index (χ0n) is 13.3. The first-order valence-corrected chi connectivity index (χ1v) is 8.01. The molecule has 24 heavy (non-hydrogen) atoms. The highest BCUT2D eigenvalue weighted by molar-refractivity contribution is 5.60. The van der Waals surface area contributed by atoms with Crippen molar-refractivity contribution < 1.29 is 9.47 Å². The molecule has 1 aromatic carbocycles. The van der Waals surface area contributed by atoms with E-state index < -0.39 is 0 Å². The van der Waals surface area contributed by atoms with Gasteiger partial charge in [-0.2, -0.15) is 5.10 Å². The van der Waals surface area contributed by atoms with Crippen LogP contribution in [0, 0.1) is 6.92 Å². The van der Waals surface area contributed by atoms with Crippen LogP contribution in [0.25, 0.3) is 17.2 Å². The molecule has 0 fully saturated rings. The topological polar surface area (TPSA) is 66.1 Å². The van der Waals surface area contributed by atoms with Crippen LogP contribution in [0.2, 0.25) is 0 Å². The fourth-order valence-electron chi connectivity index (χ4n) is 3.28. The SMILES string of the molecule is Cc1cc2c(cc1-n1ccnc1-c1cc3n(n1)CCNC3)OCO2. The van der Waals surface area contributed by atoms with Crippen LogP contribution >= 0.6 is 0 Å². The molecule has 0 atom stereocenters. The fraction of sp³-hybridized carbons (Fsp3) is 0.294. The lowest BCUT2D eigenvalue weighted by Gasteiger charge is -2.13. The number of rotatable bonds is 2. The Kier molecular flexibility index (Phi) is 2.90. The molecule has 2 aliphatic rings. The number of hydrogen-bond acceptors (Lipinski definition) is 5. The Morgan fingerprint density at radius 3 is 2.92 bits per heavy atom. The van der Waals surface area contributed by atoms with Crippen LogP contribution in [0.1, 0.15) is 11.3 Å². The summed E-state index contributed by atoms with van der Waals surface area (Å²) in [5.41, 5.74) is 4.20. The van der Waals surface area contributed by atoms with Crippen LogP contribution in [0.15, 0.2) is 30.6 Å². The Morgan fingerprint density at radius 2 is 2.04 bits per heavy atom. The van der Waals surface area contributed by atoms with Crippen LogP contribution in [0.5, 0.6) is 11.5 Å². The van der Waals surface area contributed by atoms with Gasteiger partial charge in [0.2, 0.25) is 6.79 Å². The zero-order valence-corrected chi connectivity index (χ0v) is 13.3. The number of fused-ring (bicyclic) bond motifs is 2. The summed E-state index contributed by atoms with van der Waals surface area (Å²) in [6.07, 6.45) is 3.76. The summed E-state index contributed by atoms with van der Waals surface area (Å²) < 4.78 is 15.1. The molecule has 7 heteroatoms. The highest BCUT2D eigenvalue weighted by atomic mass is 16.7. The first kappa shape index (κ1) is 13.6. The summed E-state index contributed by atoms with van der Waals surface area (Å²) in [5.74, 6) is 2.39. The first-order chi connectivity index (χ1) is 11.8. The minimum absolute atomic E-state index is 0.274. The van der Waals surface area contributed by atoms with Crippen molar-refractivity contribution in [3.05, 3.63) is 41.9 Å². The molecular weight excluding hydrogens is 306 g/mol. The van der Waals surface area contributed by atoms with E-state index in [1.165, 1.54) is 5.69 Å². The lowest BCUT2D eigenvalue weighted by Crippen LogP contribution is -2.28. The molecule has 122 valence electrons. The van der Waals surface area contributed by atoms with Gasteiger partial charge in [0, 0.05) is 31.5 Å². The van der Waals surface area contributed by atoms with Gasteiger partial charge < -0.3 is 14.8 Å². The van der Waals surface area contributed by atoms with Crippen molar-refractivity contribution in [3.8, 4) is 28.7 Å². The minimum atomic E-state index is 0.274. The molecule has 3 aromatic rings. The molecule has 0 aliphatic carbocycles. The van der Waals surface area contributed by atoms with Crippen LogP contribution in [0.4, 0.5) is 0 Å². The molecule has 5 rings (SSSR count). The molecule has 1 N–H and O–H groups in total. The molecule has 2 aromatic heterocycles. The largest absolute Gasteiger partial charge is 0.454 e. The molecule has 4 heterocycles. The number of ether oxygens (including phenoxy) is 2. The number of aromatic nitrogens is 4. The van der Waals surface area contributed by atoms with E-state index in [0.29, 0.717) is 0 Å². The third-order valence-electron chi connectivity index (χ3n) is 4.49. The summed E-state index contributed by atoms with van der Waals surface area (Å²) in [5, 5.41) is 8.08. The number of hydrogen-bond donors (Lipinski definition) is 1. The molecule has 0 bridgehead atoms. The van der Waals surface area contributed by atoms with E-state index in [0.717, 1.165) is 53.9 Å². The van der Waals surface area contributed by atoms with Gasteiger partial charge in [0.1, 0.15) is 5.69 Å². The number of nitrogens with one attached hydrogen (secondary N) is 1. The lowest BCUT2D eigenvalue weighted by molar-refractivity contribution is 0.174. The van der Waals surface area contributed by atoms with Gasteiger partial charge in [-0.3, -0.25) is 9.25 Å². The van der Waals surface area contributed by atoms with E-state index in [4.69, 9.17) is 14.6 Å². The molecule has 0 spiro atoms. The minimum Gasteiger partial charge on any atom is -0.454 e. The van der Waals surface area contributed by atoms with Crippen LogP contribution in [0.3, 0.4) is 0 Å². The van der Waals surface area contributed by atoms with Gasteiger partial charge in [0.15, 0.2) is 17.3 Å². The Hall–Kier alpha value is -2.80. The Balaban J connectivity index is 1.62. The predicted octanol–water partition coefficient (Wildman–Crippen LogP) is 1.88. The highest BCUT2D eigenvalue weighted by Crippen LogP contribution is 2.37. The number of benzene rings is 1. The third kappa shape index (κ3) is 2.01. The van der Waals surface area contributed by atoms with Gasteiger partial charge in [0.25, 0.3) is 0 Å². The van der Waals surface area contributed by atoms with Crippen molar-refractivity contribution in [2.24, 2.45) is 0 Å². The fourth-order valence-corrected chi connectivity index (χ4v) is 3.28. The second-order valence-electron chi connectivity index (χ2n) is 6.03. The van der Waals surface area contributed by atoms with Gasteiger partial charge in [-0.15, -0.1) is 0 Å². The van der Waals surface area contributed by atoms with Crippen molar-refractivity contribution in [2.75, 3.05) is 13.3 Å². The lowest BCUT2D eigenvalue weighted by atomic mass is 10.1. The standard InChI is InChI=1S/C17H17N5O2/c1-11-6-15-16(24-10-23-15)8-14(11)21-4-3-19-17(21)13-7-12-9-18-2-5-22(12)20-13/h3-4,6-8,18H,2,5,9-10H2,1H3. The van der Waals surface area contributed by atoms with Gasteiger partial charge in [-0.1, -0.05) is 0 Å². The molecule has 2 aliphatic heterocycles. The second kappa shape index (κ2) is 5.10. The molecule has 0 unspecified atom stereocenters.